The van der Waals surface area contributed by atoms with E-state index < -0.39 is 174 Å². The number of aliphatic hydroxyl groups excluding tert-OH is 2. The first-order chi connectivity index (χ1) is 51.9. The first kappa shape index (κ1) is 91.6. The molecule has 27 N–H and O–H groups in total. The van der Waals surface area contributed by atoms with Crippen molar-refractivity contribution in [3.05, 3.63) is 84.1 Å². The number of carboxylic acids is 1. The van der Waals surface area contributed by atoms with Gasteiger partial charge in [0.15, 0.2) is 5.96 Å². The number of imidazole rings is 1. The van der Waals surface area contributed by atoms with Gasteiger partial charge in [-0.15, -0.1) is 0 Å². The van der Waals surface area contributed by atoms with E-state index in [1.807, 2.05) is 0 Å². The number of nitrogens with zero attached hydrogens (tertiary/aromatic N) is 2. The van der Waals surface area contributed by atoms with Crippen LogP contribution in [0.4, 0.5) is 0 Å². The molecule has 0 unspecified atom stereocenters. The Hall–Kier alpha value is -10.8. The Balaban J connectivity index is 1.59. The molecule has 2 aromatic carbocycles. The van der Waals surface area contributed by atoms with Gasteiger partial charge in [0.2, 0.25) is 70.9 Å². The van der Waals surface area contributed by atoms with Crippen LogP contribution in [-0.4, -0.2) is 216 Å². The van der Waals surface area contributed by atoms with Gasteiger partial charge in [-0.05, 0) is 118 Å². The number of amides is 12. The van der Waals surface area contributed by atoms with Crippen LogP contribution in [0.25, 0.3) is 10.9 Å². The predicted molar refractivity (Wildman–Crippen MR) is 406 cm³/mol. The minimum atomic E-state index is -1.90. The molecule has 0 aliphatic heterocycles. The molecule has 37 nitrogen and oxygen atoms in total. The lowest BCUT2D eigenvalue weighted by Crippen LogP contribution is -2.63. The van der Waals surface area contributed by atoms with Gasteiger partial charge in [0.25, 0.3) is 0 Å². The van der Waals surface area contributed by atoms with Gasteiger partial charge in [-0.2, -0.15) is 0 Å². The Labute approximate surface area is 638 Å². The zero-order chi connectivity index (χ0) is 82.1. The van der Waals surface area contributed by atoms with Crippen molar-refractivity contribution in [1.82, 2.24) is 73.4 Å². The number of hydrogen-bond acceptors (Lipinski definition) is 20. The Morgan fingerprint density at radius 2 is 0.982 bits per heavy atom. The van der Waals surface area contributed by atoms with E-state index in [2.05, 4.69) is 78.4 Å². The van der Waals surface area contributed by atoms with Gasteiger partial charge in [-0.1, -0.05) is 92.1 Å². The smallest absolute Gasteiger partial charge is 0.326 e. The average Bonchev–Trinajstić information content (AvgIpc) is 1.63. The molecular weight excluding hydrogens is 1430 g/mol. The lowest BCUT2D eigenvalue weighted by molar-refractivity contribution is -0.142. The summed E-state index contributed by atoms with van der Waals surface area (Å²) in [6, 6.07) is -5.37. The Morgan fingerprint density at radius 3 is 1.49 bits per heavy atom. The predicted octanol–water partition coefficient (Wildman–Crippen LogP) is -3.02. The standard InChI is InChI=1S/C73H114N20O17/c1-10-40(8)59(92-68(105)56(32-58(76)97)88-63(100)51(26-37(2)3)85-61(98)47(75)31-44-34-79-36-82-44)70(107)89-53(28-39(6)7)65(102)91-57(35-94)69(106)93-60(41(9)95)71(108)90-52(27-38(4)5)64(101)87-55(30-43-33-81-48-17-12-11-16-46(43)48)67(104)83-49(18-13-14-24-74)62(99)86-54(29-42-20-22-45(96)23-21-42)66(103)84-50(72(109)110)19-15-25-80-73(77)78/h11-12,16-17,20-23,33-34,36-41,47,49-57,59-60,81,94-96H,10,13-15,18-19,24-32,35,74-75H2,1-9H3,(H2,76,97)(H,79,82)(H,83,104)(H,84,103)(H,85,98)(H,86,99)(H,87,101)(H,88,100)(H,89,107)(H,90,108)(H,91,102)(H,92,105)(H,93,106)(H,109,110)(H4,77,78,80)/t40-,41+,47-,49-,50-,51-,52-,53-,54-,55-,56-,57-,59-,60-/m0/s1. The first-order valence-electron chi connectivity index (χ1n) is 36.9. The SMILES string of the molecule is CC[C@H](C)[C@H](NC(=O)[C@H](CC(N)=O)NC(=O)[C@H](CC(C)C)NC(=O)[C@@H](N)Cc1cnc[nH]1)C(=O)N[C@@H](CC(C)C)C(=O)N[C@@H](CO)C(=O)N[C@H](C(=O)N[C@@H](CC(C)C)C(=O)N[C@@H](Cc1c[nH]c2ccccc12)C(=O)N[C@@H](CCCCN)C(=O)N[C@@H](Cc1ccc(O)cc1)C(=O)N[C@@H](CCCN=C(N)N)C(=O)O)[C@@H](C)O. The average molecular weight is 1540 g/mol. The summed E-state index contributed by atoms with van der Waals surface area (Å²) in [4.78, 5) is 196. The number of hydrogen-bond donors (Lipinski definition) is 22. The highest BCUT2D eigenvalue weighted by molar-refractivity contribution is 6.00. The number of aliphatic imine (C=N–C) groups is 1. The van der Waals surface area contributed by atoms with Gasteiger partial charge in [0, 0.05) is 54.8 Å². The number of primary amides is 1. The van der Waals surface area contributed by atoms with Crippen LogP contribution in [-0.2, 0) is 81.6 Å². The maximum atomic E-state index is 15.0. The number of carbonyl (C=O) groups excluding carboxylic acids is 12. The number of rotatable bonds is 49. The molecule has 0 fully saturated rings. The highest BCUT2D eigenvalue weighted by atomic mass is 16.4. The second kappa shape index (κ2) is 45.9. The third-order valence-electron chi connectivity index (χ3n) is 17.9. The molecule has 0 saturated heterocycles. The lowest BCUT2D eigenvalue weighted by atomic mass is 9.96. The Bertz CT molecular complexity index is 3730. The highest BCUT2D eigenvalue weighted by Gasteiger charge is 2.39. The number of unbranched alkanes of at least 4 members (excludes halogenated alkanes) is 1. The molecule has 608 valence electrons. The summed E-state index contributed by atoms with van der Waals surface area (Å²) in [6.07, 6.45) is 2.40. The van der Waals surface area contributed by atoms with Gasteiger partial charge in [-0.3, -0.25) is 62.5 Å². The van der Waals surface area contributed by atoms with E-state index in [1.165, 1.54) is 36.8 Å². The summed E-state index contributed by atoms with van der Waals surface area (Å²) >= 11 is 0. The number of para-hydroxylation sites is 1. The number of aliphatic carboxylic acids is 1. The number of phenols is 1. The van der Waals surface area contributed by atoms with Gasteiger partial charge in [0.05, 0.1) is 31.5 Å². The quantitative estimate of drug-likeness (QED) is 0.0119. The number of aromatic hydroxyl groups is 1. The minimum absolute atomic E-state index is 0.0511. The van der Waals surface area contributed by atoms with Crippen molar-refractivity contribution in [3.63, 3.8) is 0 Å². The summed E-state index contributed by atoms with van der Waals surface area (Å²) in [5.74, 6) is -14.8. The van der Waals surface area contributed by atoms with Crippen molar-refractivity contribution >= 4 is 93.7 Å². The van der Waals surface area contributed by atoms with Crippen LogP contribution in [0, 0.1) is 23.7 Å². The fraction of sp³-hybridized carbons (Fsp3) is 0.575. The molecule has 4 rings (SSSR count). The molecule has 0 bridgehead atoms. The van der Waals surface area contributed by atoms with Crippen molar-refractivity contribution in [1.29, 1.82) is 0 Å². The molecule has 2 heterocycles. The number of aromatic amines is 2. The molecule has 0 spiro atoms. The number of carbonyl (C=O) groups is 13. The fourth-order valence-electron chi connectivity index (χ4n) is 11.8. The number of benzene rings is 2. The van der Waals surface area contributed by atoms with Crippen molar-refractivity contribution in [2.75, 3.05) is 19.7 Å². The molecule has 0 radical (unpaired) electrons. The van der Waals surface area contributed by atoms with Crippen molar-refractivity contribution in [2.24, 2.45) is 57.3 Å². The van der Waals surface area contributed by atoms with E-state index in [0.717, 1.165) is 6.92 Å². The van der Waals surface area contributed by atoms with E-state index in [9.17, 15) is 82.8 Å². The number of fused-ring (bicyclic) bond motifs is 1. The summed E-state index contributed by atoms with van der Waals surface area (Å²) in [6.45, 7) is 14.0. The monoisotopic (exact) mass is 1540 g/mol. The van der Waals surface area contributed by atoms with E-state index in [1.54, 1.807) is 85.9 Å². The van der Waals surface area contributed by atoms with Gasteiger partial charge < -0.3 is 118 Å². The highest BCUT2D eigenvalue weighted by Crippen LogP contribution is 2.21. The number of H-pyrrole nitrogens is 2. The van der Waals surface area contributed by atoms with Crippen molar-refractivity contribution in [2.45, 2.75) is 224 Å². The molecule has 12 amide bonds. The Morgan fingerprint density at radius 1 is 0.518 bits per heavy atom. The van der Waals surface area contributed by atoms with E-state index in [4.69, 9.17) is 28.7 Å². The zero-order valence-corrected chi connectivity index (χ0v) is 63.9. The van der Waals surface area contributed by atoms with Crippen LogP contribution in [0.5, 0.6) is 5.75 Å². The van der Waals surface area contributed by atoms with Gasteiger partial charge >= 0.3 is 5.97 Å². The number of guanidine groups is 1. The largest absolute Gasteiger partial charge is 0.508 e. The minimum Gasteiger partial charge on any atom is -0.508 e. The van der Waals surface area contributed by atoms with Crippen LogP contribution < -0.4 is 87.2 Å². The molecule has 0 aliphatic rings. The lowest BCUT2D eigenvalue weighted by Gasteiger charge is -2.30. The molecule has 0 saturated carbocycles. The van der Waals surface area contributed by atoms with Crippen molar-refractivity contribution < 1.29 is 82.8 Å². The van der Waals surface area contributed by atoms with Crippen LogP contribution in [0.3, 0.4) is 0 Å². The third kappa shape index (κ3) is 31.1. The van der Waals surface area contributed by atoms with Crippen LogP contribution >= 0.6 is 0 Å². The second-order valence-corrected chi connectivity index (χ2v) is 28.8. The fourth-order valence-corrected chi connectivity index (χ4v) is 11.8. The third-order valence-corrected chi connectivity index (χ3v) is 17.9. The number of nitrogens with one attached hydrogen (secondary N) is 13. The van der Waals surface area contributed by atoms with Crippen LogP contribution in [0.1, 0.15) is 143 Å². The summed E-state index contributed by atoms with van der Waals surface area (Å²) in [5, 5.41) is 70.8. The first-order valence-corrected chi connectivity index (χ1v) is 36.9. The van der Waals surface area contributed by atoms with Crippen LogP contribution in [0.15, 0.2) is 72.2 Å². The number of aliphatic hydroxyl groups is 2. The van der Waals surface area contributed by atoms with E-state index in [0.29, 0.717) is 34.1 Å². The molecule has 4 aromatic rings. The maximum Gasteiger partial charge on any atom is 0.326 e. The van der Waals surface area contributed by atoms with E-state index in [-0.39, 0.29) is 113 Å². The summed E-state index contributed by atoms with van der Waals surface area (Å²) in [7, 11) is 0. The zero-order valence-electron chi connectivity index (χ0n) is 63.9. The summed E-state index contributed by atoms with van der Waals surface area (Å²) < 4.78 is 0. The van der Waals surface area contributed by atoms with Gasteiger partial charge in [0.1, 0.15) is 72.2 Å². The number of phenolic OH excluding ortho intramolecular Hbond substituents is 1. The van der Waals surface area contributed by atoms with Gasteiger partial charge in [-0.25, -0.2) is 9.78 Å². The maximum absolute atomic E-state index is 15.0. The van der Waals surface area contributed by atoms with Crippen LogP contribution in [0.2, 0.25) is 0 Å². The van der Waals surface area contributed by atoms with Crippen molar-refractivity contribution in [3.8, 4) is 5.75 Å². The molecule has 14 atom stereocenters. The molecule has 37 heteroatoms. The number of nitrogens with two attached hydrogens (primary N) is 5. The molecule has 2 aromatic heterocycles. The summed E-state index contributed by atoms with van der Waals surface area (Å²) in [5.41, 5.74) is 30.6. The topological polar surface area (TPSA) is 622 Å². The number of aromatic nitrogens is 3. The Kier molecular flexibility index (Phi) is 38.2. The number of carboxylic acid groups (broad SMARTS) is 1. The second-order valence-electron chi connectivity index (χ2n) is 28.8. The normalized spacial score (nSPS) is 15.2. The molecule has 0 aliphatic carbocycles. The molecular formula is C73H114N20O17. The molecule has 110 heavy (non-hydrogen) atoms. The van der Waals surface area contributed by atoms with E-state index >= 15 is 0 Å².